The predicted octanol–water partition coefficient (Wildman–Crippen LogP) is 4.44. The summed E-state index contributed by atoms with van der Waals surface area (Å²) in [5.74, 6) is -9.24. The van der Waals surface area contributed by atoms with Gasteiger partial charge in [0.1, 0.15) is 17.6 Å². The summed E-state index contributed by atoms with van der Waals surface area (Å²) in [4.78, 5) is 28.3. The number of aromatic nitrogens is 1. The Morgan fingerprint density at radius 3 is 2.54 bits per heavy atom. The molecule has 2 aliphatic rings. The van der Waals surface area contributed by atoms with Crippen LogP contribution in [-0.4, -0.2) is 34.7 Å². The van der Waals surface area contributed by atoms with Crippen molar-refractivity contribution in [1.82, 2.24) is 4.98 Å². The topological polar surface area (TPSA) is 94.3 Å². The maximum absolute atomic E-state index is 14.4. The Balaban J connectivity index is 1.79. The molecule has 1 aliphatic heterocycles. The minimum Gasteiger partial charge on any atom is -0.364 e. The fourth-order valence-corrected chi connectivity index (χ4v) is 4.90. The van der Waals surface area contributed by atoms with E-state index in [0.29, 0.717) is 0 Å². The Bertz CT molecular complexity index is 1200. The first-order valence-corrected chi connectivity index (χ1v) is 10.7. The van der Waals surface area contributed by atoms with E-state index in [2.05, 4.69) is 10.3 Å². The summed E-state index contributed by atoms with van der Waals surface area (Å²) in [6.45, 7) is 2.00. The Hall–Kier alpha value is -3.15. The van der Waals surface area contributed by atoms with Crippen molar-refractivity contribution in [2.75, 3.05) is 5.32 Å². The monoisotopic (exact) mass is 501 g/mol. The highest BCUT2D eigenvalue weighted by Crippen LogP contribution is 2.55. The number of hydrogen-bond acceptors (Lipinski definition) is 4. The lowest BCUT2D eigenvalue weighted by Gasteiger charge is -2.32. The third-order valence-electron chi connectivity index (χ3n) is 6.92. The number of ether oxygens (including phenoxy) is 1. The Labute approximate surface area is 195 Å². The van der Waals surface area contributed by atoms with Gasteiger partial charge in [-0.2, -0.15) is 13.2 Å². The summed E-state index contributed by atoms with van der Waals surface area (Å²) in [6, 6.07) is 4.34. The lowest BCUT2D eigenvalue weighted by atomic mass is 9.75. The molecule has 2 heterocycles. The van der Waals surface area contributed by atoms with Crippen LogP contribution in [0.15, 0.2) is 30.5 Å². The van der Waals surface area contributed by atoms with Crippen LogP contribution in [0.4, 0.5) is 32.0 Å². The number of amides is 2. The number of alkyl halides is 5. The smallest absolute Gasteiger partial charge is 0.364 e. The van der Waals surface area contributed by atoms with Crippen molar-refractivity contribution in [3.63, 3.8) is 0 Å². The molecule has 35 heavy (non-hydrogen) atoms. The van der Waals surface area contributed by atoms with Gasteiger partial charge < -0.3 is 15.8 Å². The molecule has 4 rings (SSSR count). The van der Waals surface area contributed by atoms with Crippen LogP contribution in [0, 0.1) is 11.7 Å². The van der Waals surface area contributed by atoms with E-state index < -0.39 is 65.3 Å². The van der Waals surface area contributed by atoms with Crippen LogP contribution in [-0.2, 0) is 21.9 Å². The van der Waals surface area contributed by atoms with E-state index >= 15 is 0 Å². The molecular weight excluding hydrogens is 480 g/mol. The third-order valence-corrected chi connectivity index (χ3v) is 6.92. The van der Waals surface area contributed by atoms with E-state index in [1.807, 2.05) is 0 Å². The van der Waals surface area contributed by atoms with E-state index in [1.165, 1.54) is 19.2 Å². The van der Waals surface area contributed by atoms with Gasteiger partial charge in [0, 0.05) is 30.1 Å². The molecule has 12 heteroatoms. The zero-order valence-electron chi connectivity index (χ0n) is 18.6. The lowest BCUT2D eigenvalue weighted by molar-refractivity contribution is -0.272. The molecule has 1 fully saturated rings. The second kappa shape index (κ2) is 8.21. The van der Waals surface area contributed by atoms with Crippen LogP contribution in [0.25, 0.3) is 0 Å². The van der Waals surface area contributed by atoms with E-state index in [4.69, 9.17) is 10.5 Å². The van der Waals surface area contributed by atoms with Crippen molar-refractivity contribution in [1.29, 1.82) is 0 Å². The normalized spacial score (nSPS) is 27.5. The van der Waals surface area contributed by atoms with Crippen LogP contribution in [0.5, 0.6) is 0 Å². The first kappa shape index (κ1) is 25.0. The van der Waals surface area contributed by atoms with Crippen molar-refractivity contribution in [2.45, 2.75) is 56.4 Å². The summed E-state index contributed by atoms with van der Waals surface area (Å²) < 4.78 is 90.6. The molecule has 4 atom stereocenters. The number of carbonyl (C=O) groups excluding carboxylic acids is 2. The molecule has 0 saturated carbocycles. The van der Waals surface area contributed by atoms with Gasteiger partial charge >= 0.3 is 6.18 Å². The van der Waals surface area contributed by atoms with Crippen molar-refractivity contribution in [2.24, 2.45) is 11.7 Å². The van der Waals surface area contributed by atoms with Crippen LogP contribution in [0.2, 0.25) is 0 Å². The van der Waals surface area contributed by atoms with E-state index in [9.17, 15) is 35.9 Å². The fraction of sp³-hybridized carbons (Fsp3) is 0.435. The van der Waals surface area contributed by atoms with Crippen LogP contribution >= 0.6 is 0 Å². The highest BCUT2D eigenvalue weighted by molar-refractivity contribution is 5.97. The second-order valence-electron chi connectivity index (χ2n) is 8.94. The van der Waals surface area contributed by atoms with Crippen LogP contribution < -0.4 is 11.1 Å². The first-order chi connectivity index (χ1) is 16.2. The Morgan fingerprint density at radius 1 is 1.23 bits per heavy atom. The number of pyridine rings is 1. The molecule has 0 bridgehead atoms. The standard InChI is InChI=1S/C23H21F6N3O3/c1-10-16(12-3-4-14(24)17-13(12)5-7-22(17,25)26)18(35-21(10,2)23(27,28)29)20(34)32-11-6-8-31-15(9-11)19(30)33/h3-4,6,8-10,16,18H,5,7H2,1-2H3,(H2,30,33)(H,31,32,34)/t10-,16-,18+,21+/m1/s1. The molecule has 1 aliphatic carbocycles. The SMILES string of the molecule is C[C@@H]1[C@H](c2ccc(F)c3c2CCC3(F)F)[C@@H](C(=O)Nc2ccnc(C(N)=O)c2)O[C@]1(C)C(F)(F)F. The quantitative estimate of drug-likeness (QED) is 0.606. The summed E-state index contributed by atoms with van der Waals surface area (Å²) >= 11 is 0. The van der Waals surface area contributed by atoms with E-state index in [-0.39, 0.29) is 28.9 Å². The van der Waals surface area contributed by atoms with E-state index in [1.54, 1.807) is 0 Å². The minimum atomic E-state index is -4.90. The molecule has 2 amide bonds. The Kier molecular flexibility index (Phi) is 5.86. The number of halogens is 6. The van der Waals surface area contributed by atoms with Gasteiger partial charge in [0.05, 0.1) is 5.56 Å². The molecule has 1 aromatic heterocycles. The number of rotatable bonds is 4. The number of benzene rings is 1. The van der Waals surface area contributed by atoms with Crippen molar-refractivity contribution in [3.05, 3.63) is 58.7 Å². The minimum absolute atomic E-state index is 0.00625. The second-order valence-corrected chi connectivity index (χ2v) is 8.94. The third kappa shape index (κ3) is 4.03. The molecule has 0 radical (unpaired) electrons. The fourth-order valence-electron chi connectivity index (χ4n) is 4.90. The zero-order valence-corrected chi connectivity index (χ0v) is 18.6. The maximum Gasteiger partial charge on any atom is 0.417 e. The van der Waals surface area contributed by atoms with Crippen molar-refractivity contribution < 1.29 is 40.7 Å². The van der Waals surface area contributed by atoms with Crippen molar-refractivity contribution in [3.8, 4) is 0 Å². The highest BCUT2D eigenvalue weighted by Gasteiger charge is 2.66. The summed E-state index contributed by atoms with van der Waals surface area (Å²) in [7, 11) is 0. The Morgan fingerprint density at radius 2 is 1.91 bits per heavy atom. The number of anilines is 1. The van der Waals surface area contributed by atoms with Gasteiger partial charge in [-0.05, 0) is 42.7 Å². The van der Waals surface area contributed by atoms with E-state index in [0.717, 1.165) is 25.1 Å². The van der Waals surface area contributed by atoms with Gasteiger partial charge in [-0.15, -0.1) is 0 Å². The maximum atomic E-state index is 14.4. The molecule has 0 unspecified atom stereocenters. The number of hydrogen-bond donors (Lipinski definition) is 2. The van der Waals surface area contributed by atoms with Crippen molar-refractivity contribution >= 4 is 17.5 Å². The van der Waals surface area contributed by atoms with Gasteiger partial charge in [0.25, 0.3) is 17.7 Å². The lowest BCUT2D eigenvalue weighted by Crippen LogP contribution is -2.47. The number of fused-ring (bicyclic) bond motifs is 1. The largest absolute Gasteiger partial charge is 0.417 e. The zero-order chi connectivity index (χ0) is 25.9. The molecule has 3 N–H and O–H groups in total. The molecule has 188 valence electrons. The molecular formula is C23H21F6N3O3. The van der Waals surface area contributed by atoms with Gasteiger partial charge in [0.15, 0.2) is 5.60 Å². The molecule has 0 spiro atoms. The average molecular weight is 501 g/mol. The summed E-state index contributed by atoms with van der Waals surface area (Å²) in [6.07, 6.45) is -6.45. The predicted molar refractivity (Wildman–Crippen MR) is 111 cm³/mol. The number of nitrogens with one attached hydrogen (secondary N) is 1. The average Bonchev–Trinajstić information content (AvgIpc) is 3.23. The van der Waals surface area contributed by atoms with Crippen LogP contribution in [0.1, 0.15) is 53.4 Å². The number of nitrogens with two attached hydrogens (primary N) is 1. The number of primary amides is 1. The van der Waals surface area contributed by atoms with Gasteiger partial charge in [0.2, 0.25) is 0 Å². The van der Waals surface area contributed by atoms with Gasteiger partial charge in [-0.3, -0.25) is 14.6 Å². The van der Waals surface area contributed by atoms with Crippen LogP contribution in [0.3, 0.4) is 0 Å². The van der Waals surface area contributed by atoms with Gasteiger partial charge in [-0.25, -0.2) is 13.2 Å². The number of nitrogens with zero attached hydrogens (tertiary/aromatic N) is 1. The first-order valence-electron chi connectivity index (χ1n) is 10.7. The van der Waals surface area contributed by atoms with Gasteiger partial charge in [-0.1, -0.05) is 13.0 Å². The summed E-state index contributed by atoms with van der Waals surface area (Å²) in [5.41, 5.74) is 1.23. The summed E-state index contributed by atoms with van der Waals surface area (Å²) in [5, 5.41) is 2.38. The molecule has 2 aromatic rings. The number of carbonyl (C=O) groups is 2. The molecule has 1 saturated heterocycles. The highest BCUT2D eigenvalue weighted by atomic mass is 19.4. The molecule has 1 aromatic carbocycles. The molecule has 6 nitrogen and oxygen atoms in total.